The van der Waals surface area contributed by atoms with E-state index in [1.54, 1.807) is 48.7 Å². The van der Waals surface area contributed by atoms with Gasteiger partial charge in [-0.2, -0.15) is 0 Å². The Hall–Kier alpha value is -3.91. The molecular formula is C24H18N2O5S. The van der Waals surface area contributed by atoms with Crippen molar-refractivity contribution < 1.29 is 23.8 Å². The summed E-state index contributed by atoms with van der Waals surface area (Å²) in [4.78, 5) is 33.3. The smallest absolute Gasteiger partial charge is 0.290 e. The molecule has 160 valence electrons. The van der Waals surface area contributed by atoms with Gasteiger partial charge in [0, 0.05) is 16.5 Å². The number of amides is 1. The first-order chi connectivity index (χ1) is 15.6. The number of methoxy groups -OCH3 is 1. The van der Waals surface area contributed by atoms with Gasteiger partial charge in [-0.05, 0) is 35.7 Å². The number of hydrogen-bond acceptors (Lipinski definition) is 7. The highest BCUT2D eigenvalue weighted by Gasteiger charge is 2.45. The first-order valence-electron chi connectivity index (χ1n) is 9.87. The fourth-order valence-corrected chi connectivity index (χ4v) is 4.61. The van der Waals surface area contributed by atoms with Crippen molar-refractivity contribution in [2.24, 2.45) is 0 Å². The lowest BCUT2D eigenvalue weighted by atomic mass is 9.98. The van der Waals surface area contributed by atoms with Crippen LogP contribution in [0, 0.1) is 0 Å². The van der Waals surface area contributed by atoms with Crippen LogP contribution in [-0.4, -0.2) is 33.8 Å². The van der Waals surface area contributed by atoms with Gasteiger partial charge >= 0.3 is 0 Å². The van der Waals surface area contributed by atoms with Crippen LogP contribution >= 0.6 is 11.3 Å². The Morgan fingerprint density at radius 3 is 2.81 bits per heavy atom. The molecule has 0 spiro atoms. The van der Waals surface area contributed by atoms with Crippen LogP contribution in [-0.2, 0) is 11.3 Å². The largest absolute Gasteiger partial charge is 0.503 e. The second kappa shape index (κ2) is 7.97. The van der Waals surface area contributed by atoms with Gasteiger partial charge in [0.1, 0.15) is 6.04 Å². The summed E-state index contributed by atoms with van der Waals surface area (Å²) < 4.78 is 11.1. The molecule has 0 radical (unpaired) electrons. The van der Waals surface area contributed by atoms with E-state index >= 15 is 0 Å². The molecule has 0 saturated carbocycles. The van der Waals surface area contributed by atoms with Gasteiger partial charge in [0.05, 0.1) is 24.9 Å². The molecule has 3 aromatic heterocycles. The third kappa shape index (κ3) is 3.25. The molecule has 1 aromatic carbocycles. The fourth-order valence-electron chi connectivity index (χ4n) is 3.91. The minimum absolute atomic E-state index is 0.0118. The molecule has 1 amide bonds. The molecule has 0 fully saturated rings. The summed E-state index contributed by atoms with van der Waals surface area (Å²) in [6.45, 7) is 0.243. The van der Waals surface area contributed by atoms with E-state index in [1.807, 2.05) is 17.5 Å². The number of para-hydroxylation sites is 1. The van der Waals surface area contributed by atoms with Crippen LogP contribution < -0.4 is 4.74 Å². The lowest BCUT2D eigenvalue weighted by Gasteiger charge is -2.25. The van der Waals surface area contributed by atoms with Gasteiger partial charge in [0.15, 0.2) is 22.9 Å². The van der Waals surface area contributed by atoms with E-state index in [0.717, 1.165) is 4.88 Å². The molecule has 4 aromatic rings. The number of benzene rings is 1. The minimum atomic E-state index is -0.839. The number of aliphatic hydroxyl groups excluding tert-OH is 1. The van der Waals surface area contributed by atoms with Crippen molar-refractivity contribution in [2.75, 3.05) is 7.11 Å². The topological polar surface area (TPSA) is 92.9 Å². The summed E-state index contributed by atoms with van der Waals surface area (Å²) in [5, 5.41) is 13.4. The molecule has 0 saturated heterocycles. The number of carbonyl (C=O) groups excluding carboxylic acids is 2. The van der Waals surface area contributed by atoms with Gasteiger partial charge in [0.25, 0.3) is 5.91 Å². The fraction of sp³-hybridized carbons (Fsp3) is 0.125. The molecule has 32 heavy (non-hydrogen) atoms. The zero-order valence-corrected chi connectivity index (χ0v) is 17.8. The summed E-state index contributed by atoms with van der Waals surface area (Å²) in [6.07, 6.45) is 1.59. The zero-order chi connectivity index (χ0) is 22.2. The molecule has 1 N–H and O–H groups in total. The Morgan fingerprint density at radius 2 is 2.09 bits per heavy atom. The third-order valence-electron chi connectivity index (χ3n) is 5.37. The molecule has 0 aliphatic carbocycles. The maximum absolute atomic E-state index is 13.5. The van der Waals surface area contributed by atoms with Crippen molar-refractivity contribution in [1.29, 1.82) is 0 Å². The highest BCUT2D eigenvalue weighted by molar-refractivity contribution is 7.09. The van der Waals surface area contributed by atoms with E-state index in [4.69, 9.17) is 9.15 Å². The summed E-state index contributed by atoms with van der Waals surface area (Å²) in [6, 6.07) is 15.1. The number of aromatic nitrogens is 1. The van der Waals surface area contributed by atoms with Gasteiger partial charge < -0.3 is 19.2 Å². The second-order valence-electron chi connectivity index (χ2n) is 7.25. The van der Waals surface area contributed by atoms with Crippen LogP contribution in [0.1, 0.15) is 27.2 Å². The molecule has 5 rings (SSSR count). The number of carbonyl (C=O) groups is 2. The van der Waals surface area contributed by atoms with E-state index in [1.165, 1.54) is 23.3 Å². The number of Topliss-reactive ketones (excluding diaryl/α,β-unsaturated/α-hetero) is 1. The van der Waals surface area contributed by atoms with E-state index in [2.05, 4.69) is 4.98 Å². The lowest BCUT2D eigenvalue weighted by Crippen LogP contribution is -2.30. The average Bonchev–Trinajstić information content (AvgIpc) is 3.54. The van der Waals surface area contributed by atoms with Crippen LogP contribution in [0.3, 0.4) is 0 Å². The Balaban J connectivity index is 1.60. The van der Waals surface area contributed by atoms with Gasteiger partial charge in [-0.3, -0.25) is 14.6 Å². The van der Waals surface area contributed by atoms with Crippen molar-refractivity contribution in [3.63, 3.8) is 0 Å². The van der Waals surface area contributed by atoms with Crippen molar-refractivity contribution in [2.45, 2.75) is 12.6 Å². The van der Waals surface area contributed by atoms with Crippen LogP contribution in [0.2, 0.25) is 0 Å². The van der Waals surface area contributed by atoms with Crippen molar-refractivity contribution in [1.82, 2.24) is 9.88 Å². The molecule has 1 aliphatic heterocycles. The number of fused-ring (bicyclic) bond motifs is 1. The molecular weight excluding hydrogens is 428 g/mol. The highest BCUT2D eigenvalue weighted by atomic mass is 32.1. The number of thiophene rings is 1. The molecule has 4 heterocycles. The third-order valence-corrected chi connectivity index (χ3v) is 6.24. The van der Waals surface area contributed by atoms with Gasteiger partial charge in [-0.15, -0.1) is 11.3 Å². The highest BCUT2D eigenvalue weighted by Crippen LogP contribution is 2.40. The van der Waals surface area contributed by atoms with E-state index in [0.29, 0.717) is 22.4 Å². The predicted molar refractivity (Wildman–Crippen MR) is 119 cm³/mol. The lowest BCUT2D eigenvalue weighted by molar-refractivity contribution is -0.130. The Morgan fingerprint density at radius 1 is 1.22 bits per heavy atom. The Bertz CT molecular complexity index is 1340. The van der Waals surface area contributed by atoms with Crippen LogP contribution in [0.5, 0.6) is 5.75 Å². The monoisotopic (exact) mass is 446 g/mol. The van der Waals surface area contributed by atoms with Crippen LogP contribution in [0.15, 0.2) is 81.9 Å². The maximum Gasteiger partial charge on any atom is 0.290 e. The van der Waals surface area contributed by atoms with Crippen molar-refractivity contribution >= 4 is 34.0 Å². The molecule has 1 aliphatic rings. The number of nitrogens with zero attached hydrogens (tertiary/aromatic N) is 2. The summed E-state index contributed by atoms with van der Waals surface area (Å²) in [5.74, 6) is -1.28. The number of pyridine rings is 1. The van der Waals surface area contributed by atoms with Crippen molar-refractivity contribution in [3.8, 4) is 5.75 Å². The number of rotatable bonds is 6. The number of hydrogen-bond donors (Lipinski definition) is 1. The van der Waals surface area contributed by atoms with E-state index < -0.39 is 23.5 Å². The Kier molecular flexibility index (Phi) is 4.99. The quantitative estimate of drug-likeness (QED) is 0.433. The first-order valence-corrected chi connectivity index (χ1v) is 10.7. The number of ether oxygens (including phenoxy) is 1. The van der Waals surface area contributed by atoms with Gasteiger partial charge in [0.2, 0.25) is 5.78 Å². The number of ketones is 1. The second-order valence-corrected chi connectivity index (χ2v) is 8.28. The SMILES string of the molecule is COc1cccc2cc(C(=O)C3=C(O)C(=O)N(Cc4cccs4)C3c3ccccn3)oc12. The summed E-state index contributed by atoms with van der Waals surface area (Å²) in [5.41, 5.74) is 0.856. The Labute approximate surface area is 187 Å². The van der Waals surface area contributed by atoms with Gasteiger partial charge in [-0.1, -0.05) is 24.3 Å². The minimum Gasteiger partial charge on any atom is -0.503 e. The van der Waals surface area contributed by atoms with Gasteiger partial charge in [-0.25, -0.2) is 0 Å². The maximum atomic E-state index is 13.5. The molecule has 0 bridgehead atoms. The summed E-state index contributed by atoms with van der Waals surface area (Å²) >= 11 is 1.49. The van der Waals surface area contributed by atoms with Crippen LogP contribution in [0.4, 0.5) is 0 Å². The van der Waals surface area contributed by atoms with Crippen LogP contribution in [0.25, 0.3) is 11.0 Å². The van der Waals surface area contributed by atoms with E-state index in [-0.39, 0.29) is 17.9 Å². The molecule has 7 nitrogen and oxygen atoms in total. The standard InChI is InChI=1S/C24H18N2O5S/c1-30-17-9-4-6-14-12-18(31-23(14)17)21(27)19-20(16-8-2-3-10-25-16)26(24(29)22(19)28)13-15-7-5-11-32-15/h2-12,20,28H,13H2,1H3. The summed E-state index contributed by atoms with van der Waals surface area (Å²) in [7, 11) is 1.52. The predicted octanol–water partition coefficient (Wildman–Crippen LogP) is 4.68. The van der Waals surface area contributed by atoms with E-state index in [9.17, 15) is 14.7 Å². The number of furan rings is 1. The zero-order valence-electron chi connectivity index (χ0n) is 17.0. The number of aliphatic hydroxyl groups is 1. The molecule has 1 atom stereocenters. The van der Waals surface area contributed by atoms with Crippen molar-refractivity contribution in [3.05, 3.63) is 93.8 Å². The normalized spacial score (nSPS) is 16.2. The average molecular weight is 446 g/mol. The molecule has 8 heteroatoms. The first kappa shape index (κ1) is 20.0. The molecule has 1 unspecified atom stereocenters.